The lowest BCUT2D eigenvalue weighted by Gasteiger charge is -2.15. The van der Waals surface area contributed by atoms with E-state index in [2.05, 4.69) is 10.6 Å². The first-order valence-corrected chi connectivity index (χ1v) is 5.55. The molecule has 0 spiro atoms. The van der Waals surface area contributed by atoms with Crippen LogP contribution in [-0.2, 0) is 9.59 Å². The van der Waals surface area contributed by atoms with Crippen LogP contribution in [0.5, 0.6) is 0 Å². The van der Waals surface area contributed by atoms with E-state index in [1.807, 2.05) is 6.92 Å². The van der Waals surface area contributed by atoms with Gasteiger partial charge in [0.2, 0.25) is 5.91 Å². The topological polar surface area (TPSA) is 119 Å². The molecule has 0 heterocycles. The van der Waals surface area contributed by atoms with Gasteiger partial charge in [0.05, 0.1) is 6.54 Å². The van der Waals surface area contributed by atoms with Crippen LogP contribution in [0.1, 0.15) is 13.3 Å². The largest absolute Gasteiger partial charge is 0.479 e. The first kappa shape index (κ1) is 16.2. The van der Waals surface area contributed by atoms with E-state index in [0.717, 1.165) is 0 Å². The normalized spacial score (nSPS) is 11.5. The molecule has 0 aromatic heterocycles. The van der Waals surface area contributed by atoms with Crippen molar-refractivity contribution in [2.45, 2.75) is 19.4 Å². The minimum absolute atomic E-state index is 0.0110. The highest BCUT2D eigenvalue weighted by atomic mass is 16.4. The van der Waals surface area contributed by atoms with Crippen LogP contribution >= 0.6 is 0 Å². The maximum Gasteiger partial charge on any atom is 0.332 e. The first-order valence-electron chi connectivity index (χ1n) is 5.55. The molecule has 0 bridgehead atoms. The van der Waals surface area contributed by atoms with Gasteiger partial charge in [0, 0.05) is 26.6 Å². The van der Waals surface area contributed by atoms with E-state index in [9.17, 15) is 14.4 Å². The van der Waals surface area contributed by atoms with Crippen LogP contribution in [0.25, 0.3) is 0 Å². The fourth-order valence-corrected chi connectivity index (χ4v) is 0.976. The van der Waals surface area contributed by atoms with Gasteiger partial charge in [-0.1, -0.05) is 0 Å². The van der Waals surface area contributed by atoms with Crippen molar-refractivity contribution in [1.29, 1.82) is 0 Å². The molecule has 0 rings (SSSR count). The third kappa shape index (κ3) is 6.69. The van der Waals surface area contributed by atoms with Gasteiger partial charge in [-0.3, -0.25) is 4.79 Å². The minimum atomic E-state index is -1.50. The average molecular weight is 261 g/mol. The molecule has 104 valence electrons. The Morgan fingerprint density at radius 1 is 1.28 bits per heavy atom. The number of aliphatic carboxylic acids is 1. The monoisotopic (exact) mass is 261 g/mol. The van der Waals surface area contributed by atoms with Crippen molar-refractivity contribution < 1.29 is 24.6 Å². The lowest BCUT2D eigenvalue weighted by Crippen LogP contribution is -2.43. The molecule has 0 radical (unpaired) electrons. The summed E-state index contributed by atoms with van der Waals surface area (Å²) in [4.78, 5) is 34.2. The molecule has 8 nitrogen and oxygen atoms in total. The van der Waals surface area contributed by atoms with E-state index < -0.39 is 18.1 Å². The standard InChI is InChI=1S/C10H19N3O5/c1-3-13(2)8(15)6-12-10(18)11-5-4-7(14)9(16)17/h7,14H,3-6H2,1-2H3,(H,16,17)(H2,11,12,18). The van der Waals surface area contributed by atoms with Gasteiger partial charge in [-0.15, -0.1) is 0 Å². The summed E-state index contributed by atoms with van der Waals surface area (Å²) >= 11 is 0. The van der Waals surface area contributed by atoms with Crippen LogP contribution in [0.3, 0.4) is 0 Å². The van der Waals surface area contributed by atoms with Crippen LogP contribution in [0.4, 0.5) is 4.79 Å². The number of nitrogens with one attached hydrogen (secondary N) is 2. The summed E-state index contributed by atoms with van der Waals surface area (Å²) in [6.07, 6.45) is -1.59. The van der Waals surface area contributed by atoms with Crippen molar-refractivity contribution in [2.75, 3.05) is 26.7 Å². The van der Waals surface area contributed by atoms with E-state index in [1.165, 1.54) is 4.90 Å². The summed E-state index contributed by atoms with van der Waals surface area (Å²) in [5.74, 6) is -1.56. The lowest BCUT2D eigenvalue weighted by atomic mass is 10.2. The zero-order valence-electron chi connectivity index (χ0n) is 10.5. The number of carbonyl (C=O) groups excluding carboxylic acids is 2. The molecule has 1 atom stereocenters. The second-order valence-corrected chi connectivity index (χ2v) is 3.66. The number of aliphatic hydroxyl groups excluding tert-OH is 1. The van der Waals surface area contributed by atoms with Gasteiger partial charge in [-0.05, 0) is 6.92 Å². The van der Waals surface area contributed by atoms with Crippen LogP contribution in [0, 0.1) is 0 Å². The molecule has 0 fully saturated rings. The summed E-state index contributed by atoms with van der Waals surface area (Å²) in [5, 5.41) is 22.0. The number of carboxylic acids is 1. The number of urea groups is 1. The number of nitrogens with zero attached hydrogens (tertiary/aromatic N) is 1. The summed E-state index contributed by atoms with van der Waals surface area (Å²) in [7, 11) is 1.62. The summed E-state index contributed by atoms with van der Waals surface area (Å²) in [6, 6.07) is -0.578. The Kier molecular flexibility index (Phi) is 7.45. The van der Waals surface area contributed by atoms with Crippen molar-refractivity contribution in [2.24, 2.45) is 0 Å². The summed E-state index contributed by atoms with van der Waals surface area (Å²) in [5.41, 5.74) is 0. The molecular weight excluding hydrogens is 242 g/mol. The van der Waals surface area contributed by atoms with Crippen LogP contribution < -0.4 is 10.6 Å². The zero-order valence-corrected chi connectivity index (χ0v) is 10.5. The van der Waals surface area contributed by atoms with E-state index in [-0.39, 0.29) is 25.4 Å². The predicted molar refractivity (Wildman–Crippen MR) is 63.0 cm³/mol. The maximum absolute atomic E-state index is 11.3. The highest BCUT2D eigenvalue weighted by Gasteiger charge is 2.13. The number of amides is 3. The molecule has 0 aromatic carbocycles. The van der Waals surface area contributed by atoms with Crippen LogP contribution in [0.2, 0.25) is 0 Å². The fraction of sp³-hybridized carbons (Fsp3) is 0.700. The SMILES string of the molecule is CCN(C)C(=O)CNC(=O)NCCC(O)C(=O)O. The van der Waals surface area contributed by atoms with Crippen molar-refractivity contribution in [3.8, 4) is 0 Å². The Morgan fingerprint density at radius 2 is 1.89 bits per heavy atom. The van der Waals surface area contributed by atoms with Crippen molar-refractivity contribution in [3.05, 3.63) is 0 Å². The molecule has 1 unspecified atom stereocenters. The third-order valence-corrected chi connectivity index (χ3v) is 2.29. The number of likely N-dealkylation sites (N-methyl/N-ethyl adjacent to an activating group) is 1. The highest BCUT2D eigenvalue weighted by molar-refractivity contribution is 5.83. The predicted octanol–water partition coefficient (Wildman–Crippen LogP) is -1.40. The maximum atomic E-state index is 11.3. The first-order chi connectivity index (χ1) is 8.38. The number of rotatable bonds is 7. The molecule has 0 aliphatic heterocycles. The van der Waals surface area contributed by atoms with Gasteiger partial charge in [0.15, 0.2) is 6.10 Å². The second-order valence-electron chi connectivity index (χ2n) is 3.66. The molecule has 0 saturated heterocycles. The Balaban J connectivity index is 3.73. The van der Waals surface area contributed by atoms with Gasteiger partial charge in [-0.25, -0.2) is 9.59 Å². The molecular formula is C10H19N3O5. The molecule has 0 aliphatic carbocycles. The van der Waals surface area contributed by atoms with Gasteiger partial charge in [0.25, 0.3) is 0 Å². The van der Waals surface area contributed by atoms with Crippen LogP contribution in [0.15, 0.2) is 0 Å². The molecule has 0 aromatic rings. The molecule has 4 N–H and O–H groups in total. The Hall–Kier alpha value is -1.83. The van der Waals surface area contributed by atoms with E-state index in [0.29, 0.717) is 6.54 Å². The van der Waals surface area contributed by atoms with Crippen LogP contribution in [-0.4, -0.2) is 65.8 Å². The average Bonchev–Trinajstić information content (AvgIpc) is 2.34. The van der Waals surface area contributed by atoms with Crippen molar-refractivity contribution in [3.63, 3.8) is 0 Å². The van der Waals surface area contributed by atoms with Gasteiger partial charge in [-0.2, -0.15) is 0 Å². The Bertz CT molecular complexity index is 308. The molecule has 8 heteroatoms. The second kappa shape index (κ2) is 8.29. The lowest BCUT2D eigenvalue weighted by molar-refractivity contribution is -0.146. The Morgan fingerprint density at radius 3 is 2.39 bits per heavy atom. The third-order valence-electron chi connectivity index (χ3n) is 2.29. The smallest absolute Gasteiger partial charge is 0.332 e. The van der Waals surface area contributed by atoms with E-state index in [4.69, 9.17) is 10.2 Å². The van der Waals surface area contributed by atoms with E-state index in [1.54, 1.807) is 7.05 Å². The number of aliphatic hydroxyl groups is 1. The fourth-order valence-electron chi connectivity index (χ4n) is 0.976. The van der Waals surface area contributed by atoms with Gasteiger partial charge in [0.1, 0.15) is 0 Å². The number of hydrogen-bond acceptors (Lipinski definition) is 4. The van der Waals surface area contributed by atoms with Gasteiger partial charge < -0.3 is 25.7 Å². The van der Waals surface area contributed by atoms with Gasteiger partial charge >= 0.3 is 12.0 Å². The van der Waals surface area contributed by atoms with Crippen molar-refractivity contribution in [1.82, 2.24) is 15.5 Å². The highest BCUT2D eigenvalue weighted by Crippen LogP contribution is 1.89. The minimum Gasteiger partial charge on any atom is -0.479 e. The number of hydrogen-bond donors (Lipinski definition) is 4. The summed E-state index contributed by atoms with van der Waals surface area (Å²) in [6.45, 7) is 2.24. The zero-order chi connectivity index (χ0) is 14.1. The molecule has 3 amide bonds. The quantitative estimate of drug-likeness (QED) is 0.449. The summed E-state index contributed by atoms with van der Waals surface area (Å²) < 4.78 is 0. The molecule has 0 saturated carbocycles. The van der Waals surface area contributed by atoms with Crippen molar-refractivity contribution >= 4 is 17.9 Å². The molecule has 18 heavy (non-hydrogen) atoms. The number of carbonyl (C=O) groups is 3. The molecule has 0 aliphatic rings. The van der Waals surface area contributed by atoms with E-state index >= 15 is 0 Å². The Labute approximate surface area is 105 Å². The number of carboxylic acid groups (broad SMARTS) is 1.